The first-order valence-corrected chi connectivity index (χ1v) is 4.97. The quantitative estimate of drug-likeness (QED) is 0.579. The smallest absolute Gasteiger partial charge is 0.337 e. The van der Waals surface area contributed by atoms with Crippen molar-refractivity contribution in [2.24, 2.45) is 5.10 Å². The van der Waals surface area contributed by atoms with E-state index in [1.54, 1.807) is 6.21 Å². The maximum Gasteiger partial charge on any atom is 0.337 e. The molecule has 0 aliphatic carbocycles. The van der Waals surface area contributed by atoms with Crippen molar-refractivity contribution >= 4 is 12.2 Å². The van der Waals surface area contributed by atoms with E-state index in [-0.39, 0.29) is 19.2 Å². The van der Waals surface area contributed by atoms with Crippen LogP contribution < -0.4 is 5.32 Å². The molecule has 0 unspecified atom stereocenters. The average molecular weight is 221 g/mol. The van der Waals surface area contributed by atoms with Crippen molar-refractivity contribution < 1.29 is 9.90 Å². The average Bonchev–Trinajstić information content (AvgIpc) is 2.34. The molecule has 0 fully saturated rings. The van der Waals surface area contributed by atoms with Crippen LogP contribution in [0.1, 0.15) is 5.56 Å². The van der Waals surface area contributed by atoms with E-state index in [9.17, 15) is 4.79 Å². The van der Waals surface area contributed by atoms with Gasteiger partial charge in [0.15, 0.2) is 0 Å². The number of hydrazone groups is 1. The molecule has 0 bridgehead atoms. The Balaban J connectivity index is 2.68. The van der Waals surface area contributed by atoms with Crippen LogP contribution >= 0.6 is 0 Å². The highest BCUT2D eigenvalue weighted by Gasteiger charge is 2.07. The number of hydrogen-bond acceptors (Lipinski definition) is 3. The van der Waals surface area contributed by atoms with Crippen LogP contribution in [0.2, 0.25) is 0 Å². The van der Waals surface area contributed by atoms with Gasteiger partial charge >= 0.3 is 6.03 Å². The largest absolute Gasteiger partial charge is 0.394 e. The lowest BCUT2D eigenvalue weighted by atomic mass is 10.2. The zero-order chi connectivity index (χ0) is 11.8. The van der Waals surface area contributed by atoms with Gasteiger partial charge in [0, 0.05) is 7.05 Å². The molecule has 1 rings (SSSR count). The summed E-state index contributed by atoms with van der Waals surface area (Å²) < 4.78 is 0. The summed E-state index contributed by atoms with van der Waals surface area (Å²) in [7, 11) is 1.52. The molecular weight excluding hydrogens is 206 g/mol. The molecule has 0 spiro atoms. The number of carbonyl (C=O) groups excluding carboxylic acids is 1. The molecular formula is C11H15N3O2. The summed E-state index contributed by atoms with van der Waals surface area (Å²) in [6, 6.07) is 9.09. The third-order valence-corrected chi connectivity index (χ3v) is 1.91. The lowest BCUT2D eigenvalue weighted by molar-refractivity contribution is 0.182. The van der Waals surface area contributed by atoms with Crippen LogP contribution in [0, 0.1) is 0 Å². The Morgan fingerprint density at radius 1 is 1.50 bits per heavy atom. The normalized spacial score (nSPS) is 10.4. The van der Waals surface area contributed by atoms with Crippen molar-refractivity contribution in [1.82, 2.24) is 10.3 Å². The number of carbonyl (C=O) groups is 1. The van der Waals surface area contributed by atoms with Gasteiger partial charge in [-0.15, -0.1) is 0 Å². The second-order valence-corrected chi connectivity index (χ2v) is 3.06. The molecule has 2 N–H and O–H groups in total. The van der Waals surface area contributed by atoms with E-state index < -0.39 is 0 Å². The van der Waals surface area contributed by atoms with Crippen LogP contribution in [0.25, 0.3) is 0 Å². The number of nitrogens with one attached hydrogen (secondary N) is 1. The number of urea groups is 1. The van der Waals surface area contributed by atoms with Crippen molar-refractivity contribution in [2.75, 3.05) is 20.2 Å². The van der Waals surface area contributed by atoms with Crippen molar-refractivity contribution in [3.8, 4) is 0 Å². The van der Waals surface area contributed by atoms with Crippen LogP contribution in [0.3, 0.4) is 0 Å². The minimum atomic E-state index is -0.346. The number of aliphatic hydroxyl groups excluding tert-OH is 1. The van der Waals surface area contributed by atoms with Gasteiger partial charge in [0.2, 0.25) is 0 Å². The van der Waals surface area contributed by atoms with Gasteiger partial charge in [0.1, 0.15) is 0 Å². The van der Waals surface area contributed by atoms with Gasteiger partial charge < -0.3 is 10.4 Å². The second kappa shape index (κ2) is 6.58. The topological polar surface area (TPSA) is 64.9 Å². The molecule has 0 aliphatic heterocycles. The van der Waals surface area contributed by atoms with Gasteiger partial charge in [-0.3, -0.25) is 0 Å². The molecule has 5 nitrogen and oxygen atoms in total. The molecule has 0 saturated heterocycles. The van der Waals surface area contributed by atoms with Crippen molar-refractivity contribution in [2.45, 2.75) is 0 Å². The molecule has 0 atom stereocenters. The molecule has 5 heteroatoms. The first kappa shape index (κ1) is 12.2. The molecule has 0 radical (unpaired) electrons. The molecule has 2 amide bonds. The minimum absolute atomic E-state index is 0.125. The lowest BCUT2D eigenvalue weighted by Crippen LogP contribution is -2.36. The summed E-state index contributed by atoms with van der Waals surface area (Å²) in [4.78, 5) is 11.3. The Morgan fingerprint density at radius 2 is 2.19 bits per heavy atom. The van der Waals surface area contributed by atoms with Crippen molar-refractivity contribution in [1.29, 1.82) is 0 Å². The molecule has 16 heavy (non-hydrogen) atoms. The Hall–Kier alpha value is -1.88. The molecule has 1 aromatic carbocycles. The summed E-state index contributed by atoms with van der Waals surface area (Å²) in [5.74, 6) is 0. The van der Waals surface area contributed by atoms with Crippen molar-refractivity contribution in [3.05, 3.63) is 35.9 Å². The SMILES string of the molecule is CNC(=O)N(CCO)/N=C/c1ccccc1. The van der Waals surface area contributed by atoms with Crippen LogP contribution in [0.5, 0.6) is 0 Å². The molecule has 0 saturated carbocycles. The van der Waals surface area contributed by atoms with Crippen LogP contribution in [0.4, 0.5) is 4.79 Å². The van der Waals surface area contributed by atoms with E-state index in [0.29, 0.717) is 0 Å². The maximum absolute atomic E-state index is 11.3. The van der Waals surface area contributed by atoms with Gasteiger partial charge in [0.05, 0.1) is 19.4 Å². The lowest BCUT2D eigenvalue weighted by Gasteiger charge is -2.14. The number of benzene rings is 1. The highest BCUT2D eigenvalue weighted by molar-refractivity contribution is 5.81. The van der Waals surface area contributed by atoms with E-state index >= 15 is 0 Å². The highest BCUT2D eigenvalue weighted by Crippen LogP contribution is 1.96. The molecule has 1 aromatic rings. The van der Waals surface area contributed by atoms with E-state index in [0.717, 1.165) is 5.56 Å². The van der Waals surface area contributed by atoms with E-state index in [4.69, 9.17) is 5.11 Å². The fraction of sp³-hybridized carbons (Fsp3) is 0.273. The number of aliphatic hydroxyl groups is 1. The standard InChI is InChI=1S/C11H15N3O2/c1-12-11(16)14(7-8-15)13-9-10-5-3-2-4-6-10/h2-6,9,15H,7-8H2,1H3,(H,12,16)/b13-9+. The Bertz CT molecular complexity index is 352. The zero-order valence-corrected chi connectivity index (χ0v) is 9.13. The Labute approximate surface area is 94.4 Å². The number of amides is 2. The molecule has 0 aliphatic rings. The van der Waals surface area contributed by atoms with E-state index in [1.165, 1.54) is 12.1 Å². The van der Waals surface area contributed by atoms with Gasteiger partial charge in [-0.1, -0.05) is 30.3 Å². The van der Waals surface area contributed by atoms with Gasteiger partial charge in [-0.25, -0.2) is 9.80 Å². The maximum atomic E-state index is 11.3. The summed E-state index contributed by atoms with van der Waals surface area (Å²) in [6.07, 6.45) is 1.57. The fourth-order valence-corrected chi connectivity index (χ4v) is 1.11. The van der Waals surface area contributed by atoms with Crippen molar-refractivity contribution in [3.63, 3.8) is 0 Å². The predicted octanol–water partition coefficient (Wildman–Crippen LogP) is 0.654. The third kappa shape index (κ3) is 3.70. The van der Waals surface area contributed by atoms with Gasteiger partial charge in [-0.05, 0) is 5.56 Å². The monoisotopic (exact) mass is 221 g/mol. The summed E-state index contributed by atoms with van der Waals surface area (Å²) in [5, 5.41) is 16.4. The molecule has 86 valence electrons. The Morgan fingerprint density at radius 3 is 2.75 bits per heavy atom. The number of nitrogens with zero attached hydrogens (tertiary/aromatic N) is 2. The highest BCUT2D eigenvalue weighted by atomic mass is 16.3. The minimum Gasteiger partial charge on any atom is -0.394 e. The summed E-state index contributed by atoms with van der Waals surface area (Å²) >= 11 is 0. The second-order valence-electron chi connectivity index (χ2n) is 3.06. The van der Waals surface area contributed by atoms with Gasteiger partial charge in [-0.2, -0.15) is 5.10 Å². The zero-order valence-electron chi connectivity index (χ0n) is 9.13. The number of hydrogen-bond donors (Lipinski definition) is 2. The van der Waals surface area contributed by atoms with Crippen LogP contribution in [-0.4, -0.2) is 42.6 Å². The third-order valence-electron chi connectivity index (χ3n) is 1.91. The van der Waals surface area contributed by atoms with Crippen LogP contribution in [0.15, 0.2) is 35.4 Å². The van der Waals surface area contributed by atoms with E-state index in [2.05, 4.69) is 10.4 Å². The predicted molar refractivity (Wildman–Crippen MR) is 62.3 cm³/mol. The number of rotatable bonds is 4. The molecule has 0 heterocycles. The first-order chi connectivity index (χ1) is 7.77. The first-order valence-electron chi connectivity index (χ1n) is 4.97. The van der Waals surface area contributed by atoms with E-state index in [1.807, 2.05) is 30.3 Å². The Kier molecular flexibility index (Phi) is 5.01. The molecule has 0 aromatic heterocycles. The van der Waals surface area contributed by atoms with Gasteiger partial charge in [0.25, 0.3) is 0 Å². The summed E-state index contributed by atoms with van der Waals surface area (Å²) in [5.41, 5.74) is 0.898. The fourth-order valence-electron chi connectivity index (χ4n) is 1.11. The summed E-state index contributed by atoms with van der Waals surface area (Å²) in [6.45, 7) is 0.0442. The van der Waals surface area contributed by atoms with Crippen LogP contribution in [-0.2, 0) is 0 Å².